The number of carbonyl (C=O) groups excluding carboxylic acids is 3. The summed E-state index contributed by atoms with van der Waals surface area (Å²) in [5.41, 5.74) is -0.789. The fraction of sp³-hybridized carbons (Fsp3) is 0.167. The van der Waals surface area contributed by atoms with Crippen LogP contribution in [0.3, 0.4) is 0 Å². The maximum absolute atomic E-state index is 13.7. The Bertz CT molecular complexity index is 891. The lowest BCUT2D eigenvalue weighted by atomic mass is 9.92. The molecule has 1 atom stereocenters. The summed E-state index contributed by atoms with van der Waals surface area (Å²) in [6, 6.07) is 11.7. The van der Waals surface area contributed by atoms with E-state index in [2.05, 4.69) is 10.6 Å². The van der Waals surface area contributed by atoms with Crippen molar-refractivity contribution < 1.29 is 18.8 Å². The van der Waals surface area contributed by atoms with E-state index >= 15 is 0 Å². The summed E-state index contributed by atoms with van der Waals surface area (Å²) < 4.78 is 13.7. The van der Waals surface area contributed by atoms with Crippen molar-refractivity contribution >= 4 is 35.1 Å². The van der Waals surface area contributed by atoms with Crippen LogP contribution in [0.15, 0.2) is 48.5 Å². The van der Waals surface area contributed by atoms with Crippen molar-refractivity contribution in [3.63, 3.8) is 0 Å². The number of anilines is 1. The quantitative estimate of drug-likeness (QED) is 0.806. The van der Waals surface area contributed by atoms with Gasteiger partial charge in [0.05, 0.1) is 5.69 Å². The van der Waals surface area contributed by atoms with Gasteiger partial charge in [0, 0.05) is 5.02 Å². The molecule has 26 heavy (non-hydrogen) atoms. The van der Waals surface area contributed by atoms with Crippen LogP contribution in [-0.2, 0) is 15.1 Å². The molecule has 1 heterocycles. The smallest absolute Gasteiger partial charge is 0.322 e. The van der Waals surface area contributed by atoms with Crippen molar-refractivity contribution in [2.45, 2.75) is 12.5 Å². The lowest BCUT2D eigenvalue weighted by Gasteiger charge is -2.22. The third-order valence-electron chi connectivity index (χ3n) is 4.13. The zero-order valence-corrected chi connectivity index (χ0v) is 14.5. The van der Waals surface area contributed by atoms with E-state index in [0.29, 0.717) is 5.56 Å². The van der Waals surface area contributed by atoms with Gasteiger partial charge in [-0.15, -0.1) is 0 Å². The number of imide groups is 1. The number of nitrogens with zero attached hydrogens (tertiary/aromatic N) is 1. The molecule has 1 saturated heterocycles. The van der Waals surface area contributed by atoms with Gasteiger partial charge in [-0.2, -0.15) is 0 Å². The second-order valence-corrected chi connectivity index (χ2v) is 6.42. The first kappa shape index (κ1) is 17.9. The fourth-order valence-corrected chi connectivity index (χ4v) is 2.91. The molecule has 0 bridgehead atoms. The lowest BCUT2D eigenvalue weighted by molar-refractivity contribution is -0.133. The Kier molecular flexibility index (Phi) is 4.65. The highest BCUT2D eigenvalue weighted by Gasteiger charge is 2.49. The minimum absolute atomic E-state index is 0.125. The molecule has 1 fully saturated rings. The first-order valence-corrected chi connectivity index (χ1v) is 8.13. The average Bonchev–Trinajstić information content (AvgIpc) is 2.83. The third-order valence-corrected chi connectivity index (χ3v) is 4.37. The second-order valence-electron chi connectivity index (χ2n) is 5.98. The van der Waals surface area contributed by atoms with Gasteiger partial charge in [0.15, 0.2) is 0 Å². The molecule has 134 valence electrons. The van der Waals surface area contributed by atoms with Gasteiger partial charge in [0.1, 0.15) is 17.9 Å². The molecule has 2 aromatic carbocycles. The Hall–Kier alpha value is -2.93. The molecule has 3 rings (SSSR count). The minimum Gasteiger partial charge on any atom is -0.322 e. The molecule has 0 radical (unpaired) electrons. The molecule has 0 aromatic heterocycles. The summed E-state index contributed by atoms with van der Waals surface area (Å²) in [6.45, 7) is 1.02. The largest absolute Gasteiger partial charge is 0.325 e. The number of halogens is 2. The zero-order chi connectivity index (χ0) is 18.9. The predicted octanol–water partition coefficient (Wildman–Crippen LogP) is 2.88. The summed E-state index contributed by atoms with van der Waals surface area (Å²) in [5, 5.41) is 5.16. The van der Waals surface area contributed by atoms with E-state index in [9.17, 15) is 18.8 Å². The van der Waals surface area contributed by atoms with Gasteiger partial charge in [-0.05, 0) is 30.7 Å². The van der Waals surface area contributed by atoms with Crippen LogP contribution >= 0.6 is 11.6 Å². The number of hydrogen-bond acceptors (Lipinski definition) is 3. The van der Waals surface area contributed by atoms with Gasteiger partial charge >= 0.3 is 6.03 Å². The number of urea groups is 1. The third kappa shape index (κ3) is 3.25. The number of benzene rings is 2. The Morgan fingerprint density at radius 1 is 1.23 bits per heavy atom. The maximum Gasteiger partial charge on any atom is 0.325 e. The van der Waals surface area contributed by atoms with E-state index in [1.54, 1.807) is 37.3 Å². The summed E-state index contributed by atoms with van der Waals surface area (Å²) in [5.74, 6) is -1.95. The van der Waals surface area contributed by atoms with Crippen molar-refractivity contribution in [2.75, 3.05) is 11.9 Å². The van der Waals surface area contributed by atoms with Crippen LogP contribution in [0.2, 0.25) is 5.02 Å². The van der Waals surface area contributed by atoms with Gasteiger partial charge in [0.2, 0.25) is 5.91 Å². The predicted molar refractivity (Wildman–Crippen MR) is 94.1 cm³/mol. The minimum atomic E-state index is -1.26. The van der Waals surface area contributed by atoms with Gasteiger partial charge in [-0.25, -0.2) is 9.18 Å². The number of amides is 4. The molecule has 1 aliphatic heterocycles. The SMILES string of the molecule is CC1(c2ccccc2)NC(=O)N(CC(=O)Nc2cc(Cl)ccc2F)C1=O. The summed E-state index contributed by atoms with van der Waals surface area (Å²) in [4.78, 5) is 37.9. The normalized spacial score (nSPS) is 19.4. The van der Waals surface area contributed by atoms with Crippen molar-refractivity contribution in [1.82, 2.24) is 10.2 Å². The van der Waals surface area contributed by atoms with E-state index in [1.807, 2.05) is 0 Å². The van der Waals surface area contributed by atoms with Gasteiger partial charge in [-0.1, -0.05) is 41.9 Å². The molecule has 2 N–H and O–H groups in total. The second kappa shape index (κ2) is 6.76. The monoisotopic (exact) mass is 375 g/mol. The topological polar surface area (TPSA) is 78.5 Å². The van der Waals surface area contributed by atoms with E-state index in [1.165, 1.54) is 12.1 Å². The van der Waals surface area contributed by atoms with E-state index in [4.69, 9.17) is 11.6 Å². The molecular formula is C18H15ClFN3O3. The first-order valence-electron chi connectivity index (χ1n) is 7.76. The van der Waals surface area contributed by atoms with Crippen LogP contribution in [0.5, 0.6) is 0 Å². The van der Waals surface area contributed by atoms with Gasteiger partial charge in [-0.3, -0.25) is 14.5 Å². The number of nitrogens with one attached hydrogen (secondary N) is 2. The molecule has 1 aliphatic rings. The highest BCUT2D eigenvalue weighted by Crippen LogP contribution is 2.28. The van der Waals surface area contributed by atoms with Crippen LogP contribution in [0, 0.1) is 5.82 Å². The Morgan fingerprint density at radius 2 is 1.92 bits per heavy atom. The summed E-state index contributed by atoms with van der Waals surface area (Å²) in [7, 11) is 0. The standard InChI is InChI=1S/C18H15ClFN3O3/c1-18(11-5-3-2-4-6-11)16(25)23(17(26)22-18)10-15(24)21-14-9-12(19)7-8-13(14)20/h2-9H,10H2,1H3,(H,21,24)(H,22,26). The number of carbonyl (C=O) groups is 3. The number of rotatable bonds is 4. The van der Waals surface area contributed by atoms with Crippen LogP contribution in [0.4, 0.5) is 14.9 Å². The van der Waals surface area contributed by atoms with Crippen LogP contribution in [0.25, 0.3) is 0 Å². The summed E-state index contributed by atoms with van der Waals surface area (Å²) >= 11 is 5.78. The molecule has 6 nitrogen and oxygen atoms in total. The average molecular weight is 376 g/mol. The lowest BCUT2D eigenvalue weighted by Crippen LogP contribution is -2.42. The van der Waals surface area contributed by atoms with Crippen LogP contribution < -0.4 is 10.6 Å². The van der Waals surface area contributed by atoms with E-state index in [-0.39, 0.29) is 10.7 Å². The maximum atomic E-state index is 13.7. The Labute approximate surface area is 153 Å². The highest BCUT2D eigenvalue weighted by molar-refractivity contribution is 6.30. The zero-order valence-electron chi connectivity index (χ0n) is 13.8. The van der Waals surface area contributed by atoms with Gasteiger partial charge in [0.25, 0.3) is 5.91 Å². The fourth-order valence-electron chi connectivity index (χ4n) is 2.73. The molecule has 4 amide bonds. The Balaban J connectivity index is 1.76. The molecule has 1 unspecified atom stereocenters. The molecule has 0 saturated carbocycles. The molecule has 8 heteroatoms. The number of hydrogen-bond donors (Lipinski definition) is 2. The van der Waals surface area contributed by atoms with Crippen molar-refractivity contribution in [3.8, 4) is 0 Å². The van der Waals surface area contributed by atoms with Crippen molar-refractivity contribution in [3.05, 3.63) is 64.9 Å². The van der Waals surface area contributed by atoms with Crippen LogP contribution in [0.1, 0.15) is 12.5 Å². The van der Waals surface area contributed by atoms with Crippen LogP contribution in [-0.4, -0.2) is 29.3 Å². The Morgan fingerprint density at radius 3 is 2.62 bits per heavy atom. The molecule has 0 aliphatic carbocycles. The van der Waals surface area contributed by atoms with Crippen molar-refractivity contribution in [2.24, 2.45) is 0 Å². The molecular weight excluding hydrogens is 361 g/mol. The van der Waals surface area contributed by atoms with Gasteiger partial charge < -0.3 is 10.6 Å². The first-order chi connectivity index (χ1) is 12.3. The molecule has 2 aromatic rings. The van der Waals surface area contributed by atoms with E-state index < -0.39 is 35.7 Å². The van der Waals surface area contributed by atoms with Crippen molar-refractivity contribution in [1.29, 1.82) is 0 Å². The van der Waals surface area contributed by atoms with E-state index in [0.717, 1.165) is 11.0 Å². The summed E-state index contributed by atoms with van der Waals surface area (Å²) in [6.07, 6.45) is 0. The highest BCUT2D eigenvalue weighted by atomic mass is 35.5. The molecule has 0 spiro atoms.